The minimum atomic E-state index is -1.01. The maximum Gasteiger partial charge on any atom is 0.120 e. The van der Waals surface area contributed by atoms with Gasteiger partial charge in [0.25, 0.3) is 0 Å². The highest BCUT2D eigenvalue weighted by Gasteiger charge is 2.67. The molecule has 0 amide bonds. The van der Waals surface area contributed by atoms with Gasteiger partial charge in [-0.15, -0.1) is 0 Å². The van der Waals surface area contributed by atoms with Crippen molar-refractivity contribution in [2.75, 3.05) is 11.4 Å². The summed E-state index contributed by atoms with van der Waals surface area (Å²) in [7, 11) is 0. The Labute approximate surface area is 127 Å². The van der Waals surface area contributed by atoms with Crippen molar-refractivity contribution in [3.05, 3.63) is 29.3 Å². The lowest BCUT2D eigenvalue weighted by Gasteiger charge is -2.43. The summed E-state index contributed by atoms with van der Waals surface area (Å²) in [5.41, 5.74) is 3.07. The highest BCUT2D eigenvalue weighted by Crippen LogP contribution is 2.66. The third kappa shape index (κ3) is 1.80. The van der Waals surface area contributed by atoms with Gasteiger partial charge in [0, 0.05) is 30.1 Å². The van der Waals surface area contributed by atoms with Crippen LogP contribution < -0.4 is 4.90 Å². The molecule has 1 aliphatic heterocycles. The maximum atomic E-state index is 14.9. The Bertz CT molecular complexity index is 580. The SMILES string of the molecule is CC(C)(C)c1cccc2c1C1C(CN2C2CCC2)C1(C)F. The molecule has 2 aliphatic carbocycles. The summed E-state index contributed by atoms with van der Waals surface area (Å²) in [4.78, 5) is 2.53. The largest absolute Gasteiger partial charge is 0.368 e. The molecule has 0 bridgehead atoms. The zero-order chi connectivity index (χ0) is 15.0. The third-order valence-corrected chi connectivity index (χ3v) is 6.05. The summed E-state index contributed by atoms with van der Waals surface area (Å²) in [5, 5.41) is 0. The first kappa shape index (κ1) is 13.6. The first-order valence-corrected chi connectivity index (χ1v) is 8.41. The van der Waals surface area contributed by atoms with Crippen LogP contribution in [-0.4, -0.2) is 18.3 Å². The van der Waals surface area contributed by atoms with E-state index in [1.165, 1.54) is 36.1 Å². The molecule has 0 N–H and O–H groups in total. The summed E-state index contributed by atoms with van der Waals surface area (Å²) >= 11 is 0. The van der Waals surface area contributed by atoms with E-state index in [0.717, 1.165) is 6.54 Å². The molecule has 0 spiro atoms. The van der Waals surface area contributed by atoms with Crippen molar-refractivity contribution in [3.8, 4) is 0 Å². The van der Waals surface area contributed by atoms with Crippen molar-refractivity contribution in [1.82, 2.24) is 0 Å². The quantitative estimate of drug-likeness (QED) is 0.717. The van der Waals surface area contributed by atoms with E-state index in [4.69, 9.17) is 0 Å². The van der Waals surface area contributed by atoms with E-state index >= 15 is 0 Å². The second kappa shape index (κ2) is 4.02. The molecule has 1 heterocycles. The molecule has 1 aromatic carbocycles. The molecule has 0 radical (unpaired) electrons. The number of hydrogen-bond acceptors (Lipinski definition) is 1. The van der Waals surface area contributed by atoms with Crippen molar-refractivity contribution in [2.45, 2.75) is 70.0 Å². The Morgan fingerprint density at radius 3 is 2.52 bits per heavy atom. The number of rotatable bonds is 1. The third-order valence-electron chi connectivity index (χ3n) is 6.05. The monoisotopic (exact) mass is 287 g/mol. The first-order chi connectivity index (χ1) is 9.82. The van der Waals surface area contributed by atoms with Gasteiger partial charge < -0.3 is 4.90 Å². The van der Waals surface area contributed by atoms with Gasteiger partial charge in [0.15, 0.2) is 0 Å². The summed E-state index contributed by atoms with van der Waals surface area (Å²) in [6.07, 6.45) is 3.88. The fraction of sp³-hybridized carbons (Fsp3) is 0.684. The van der Waals surface area contributed by atoms with Crippen LogP contribution in [0.4, 0.5) is 10.1 Å². The molecule has 4 rings (SSSR count). The van der Waals surface area contributed by atoms with E-state index in [-0.39, 0.29) is 17.3 Å². The molecule has 2 fully saturated rings. The Morgan fingerprint density at radius 1 is 1.24 bits per heavy atom. The van der Waals surface area contributed by atoms with E-state index in [9.17, 15) is 4.39 Å². The highest BCUT2D eigenvalue weighted by atomic mass is 19.1. The zero-order valence-electron chi connectivity index (χ0n) is 13.6. The number of fused-ring (bicyclic) bond motifs is 3. The molecule has 2 heteroatoms. The molecule has 0 aromatic heterocycles. The van der Waals surface area contributed by atoms with Crippen LogP contribution in [0.15, 0.2) is 18.2 Å². The van der Waals surface area contributed by atoms with Crippen molar-refractivity contribution >= 4 is 5.69 Å². The summed E-state index contributed by atoms with van der Waals surface area (Å²) < 4.78 is 14.9. The molecule has 0 saturated heterocycles. The van der Waals surface area contributed by atoms with Gasteiger partial charge in [-0.1, -0.05) is 32.9 Å². The number of hydrogen-bond donors (Lipinski definition) is 0. The molecule has 3 aliphatic rings. The summed E-state index contributed by atoms with van der Waals surface area (Å²) in [6.45, 7) is 9.48. The van der Waals surface area contributed by atoms with Crippen LogP contribution in [0.5, 0.6) is 0 Å². The van der Waals surface area contributed by atoms with Gasteiger partial charge in [0.05, 0.1) is 0 Å². The lowest BCUT2D eigenvalue weighted by atomic mass is 9.79. The normalized spacial score (nSPS) is 35.0. The Balaban J connectivity index is 1.86. The first-order valence-electron chi connectivity index (χ1n) is 8.41. The van der Waals surface area contributed by atoms with Crippen molar-refractivity contribution in [1.29, 1.82) is 0 Å². The average Bonchev–Trinajstić information content (AvgIpc) is 2.88. The van der Waals surface area contributed by atoms with E-state index < -0.39 is 5.67 Å². The second-order valence-electron chi connectivity index (χ2n) is 8.46. The molecular weight excluding hydrogens is 261 g/mol. The number of halogens is 1. The molecule has 3 atom stereocenters. The highest BCUT2D eigenvalue weighted by molar-refractivity contribution is 5.67. The Hall–Kier alpha value is -1.05. The van der Waals surface area contributed by atoms with Crippen LogP contribution in [0.3, 0.4) is 0 Å². The molecule has 1 nitrogen and oxygen atoms in total. The molecule has 1 aromatic rings. The van der Waals surface area contributed by atoms with Gasteiger partial charge in [-0.3, -0.25) is 0 Å². The predicted octanol–water partition coefficient (Wildman–Crippen LogP) is 4.80. The minimum absolute atomic E-state index is 0.0805. The molecule has 3 unspecified atom stereocenters. The van der Waals surface area contributed by atoms with Gasteiger partial charge in [-0.25, -0.2) is 4.39 Å². The van der Waals surface area contributed by atoms with Crippen LogP contribution in [0.25, 0.3) is 0 Å². The van der Waals surface area contributed by atoms with Crippen LogP contribution in [0, 0.1) is 5.92 Å². The fourth-order valence-corrected chi connectivity index (χ4v) is 4.47. The Morgan fingerprint density at radius 2 is 1.95 bits per heavy atom. The van der Waals surface area contributed by atoms with Crippen LogP contribution >= 0.6 is 0 Å². The molecule has 21 heavy (non-hydrogen) atoms. The van der Waals surface area contributed by atoms with Gasteiger partial charge in [-0.05, 0) is 48.8 Å². The second-order valence-corrected chi connectivity index (χ2v) is 8.46. The summed E-state index contributed by atoms with van der Waals surface area (Å²) in [6, 6.07) is 7.27. The minimum Gasteiger partial charge on any atom is -0.368 e. The van der Waals surface area contributed by atoms with E-state index in [1.807, 2.05) is 6.92 Å². The van der Waals surface area contributed by atoms with Crippen LogP contribution in [0.2, 0.25) is 0 Å². The number of anilines is 1. The van der Waals surface area contributed by atoms with Gasteiger partial charge in [-0.2, -0.15) is 0 Å². The smallest absolute Gasteiger partial charge is 0.120 e. The lowest BCUT2D eigenvalue weighted by Crippen LogP contribution is -2.44. The standard InChI is InChI=1S/C19H26FN/c1-18(2,3)13-9-6-10-15-16(13)17-14(19(17,4)20)11-21(15)12-7-5-8-12/h6,9-10,12,14,17H,5,7-8,11H2,1-4H3. The van der Waals surface area contributed by atoms with Crippen molar-refractivity contribution < 1.29 is 4.39 Å². The predicted molar refractivity (Wildman–Crippen MR) is 85.9 cm³/mol. The molecular formula is C19H26FN. The lowest BCUT2D eigenvalue weighted by molar-refractivity contribution is 0.299. The fourth-order valence-electron chi connectivity index (χ4n) is 4.47. The van der Waals surface area contributed by atoms with Crippen molar-refractivity contribution in [3.63, 3.8) is 0 Å². The maximum absolute atomic E-state index is 14.9. The van der Waals surface area contributed by atoms with Crippen LogP contribution in [0.1, 0.15) is 64.0 Å². The van der Waals surface area contributed by atoms with E-state index in [1.54, 1.807) is 0 Å². The van der Waals surface area contributed by atoms with E-state index in [0.29, 0.717) is 6.04 Å². The van der Waals surface area contributed by atoms with Crippen LogP contribution in [-0.2, 0) is 5.41 Å². The molecule has 114 valence electrons. The van der Waals surface area contributed by atoms with Gasteiger partial charge >= 0.3 is 0 Å². The zero-order valence-corrected chi connectivity index (χ0v) is 13.6. The number of alkyl halides is 1. The van der Waals surface area contributed by atoms with E-state index in [2.05, 4.69) is 43.9 Å². The average molecular weight is 287 g/mol. The number of nitrogens with zero attached hydrogens (tertiary/aromatic N) is 1. The molecule has 2 saturated carbocycles. The van der Waals surface area contributed by atoms with Gasteiger partial charge in [0.1, 0.15) is 5.67 Å². The summed E-state index contributed by atoms with van der Waals surface area (Å²) in [5.74, 6) is 0.327. The Kier molecular flexibility index (Phi) is 2.61. The van der Waals surface area contributed by atoms with Gasteiger partial charge in [0.2, 0.25) is 0 Å². The van der Waals surface area contributed by atoms with Crippen molar-refractivity contribution in [2.24, 2.45) is 5.92 Å². The number of benzene rings is 1. The topological polar surface area (TPSA) is 3.24 Å².